The fourth-order valence-electron chi connectivity index (χ4n) is 3.89. The van der Waals surface area contributed by atoms with Gasteiger partial charge in [0.15, 0.2) is 0 Å². The van der Waals surface area contributed by atoms with Crippen LogP contribution in [-0.2, 0) is 20.9 Å². The molecule has 4 rings (SSSR count). The Balaban J connectivity index is 1.84. The van der Waals surface area contributed by atoms with Crippen molar-refractivity contribution in [1.29, 1.82) is 0 Å². The molecule has 0 aliphatic carbocycles. The lowest BCUT2D eigenvalue weighted by Crippen LogP contribution is -2.37. The molecule has 0 fully saturated rings. The van der Waals surface area contributed by atoms with Gasteiger partial charge in [0.25, 0.3) is 0 Å². The monoisotopic (exact) mass is 641 g/mol. The SMILES string of the molecule is CNS(=O)(=O)c1cc(F)cc(-c2nc(-c3ccc(C(F)(F)F)cc3)[nH]c2-c2ccnc(NC[C@H](C)NC(=O)OC)n2)c1Cl. The number of anilines is 1. The number of hydrogen-bond donors (Lipinski definition) is 4. The van der Waals surface area contributed by atoms with E-state index in [9.17, 15) is 30.8 Å². The summed E-state index contributed by atoms with van der Waals surface area (Å²) in [4.78, 5) is 26.9. The summed E-state index contributed by atoms with van der Waals surface area (Å²) < 4.78 is 85.9. The fourth-order valence-corrected chi connectivity index (χ4v) is 5.22. The molecule has 0 spiro atoms. The first-order chi connectivity index (χ1) is 20.2. The third-order valence-electron chi connectivity index (χ3n) is 6.03. The van der Waals surface area contributed by atoms with Crippen LogP contribution in [0.1, 0.15) is 12.5 Å². The molecular formula is C26H24ClF4N7O4S. The average molecular weight is 642 g/mol. The van der Waals surface area contributed by atoms with Crippen molar-refractivity contribution >= 4 is 33.7 Å². The quantitative estimate of drug-likeness (QED) is 0.185. The van der Waals surface area contributed by atoms with E-state index >= 15 is 0 Å². The number of rotatable bonds is 9. The Morgan fingerprint density at radius 3 is 2.47 bits per heavy atom. The summed E-state index contributed by atoms with van der Waals surface area (Å²) in [5.74, 6) is -0.743. The molecule has 43 heavy (non-hydrogen) atoms. The van der Waals surface area contributed by atoms with Crippen molar-refractivity contribution in [2.24, 2.45) is 0 Å². The number of hydrogen-bond acceptors (Lipinski definition) is 8. The third-order valence-corrected chi connectivity index (χ3v) is 7.99. The van der Waals surface area contributed by atoms with Gasteiger partial charge < -0.3 is 20.4 Å². The number of carbonyl (C=O) groups is 1. The Morgan fingerprint density at radius 2 is 1.84 bits per heavy atom. The lowest BCUT2D eigenvalue weighted by atomic mass is 10.1. The molecule has 17 heteroatoms. The third kappa shape index (κ3) is 7.21. The van der Waals surface area contributed by atoms with Gasteiger partial charge in [-0.25, -0.2) is 37.3 Å². The van der Waals surface area contributed by atoms with Crippen LogP contribution in [0.15, 0.2) is 53.6 Å². The van der Waals surface area contributed by atoms with Crippen LogP contribution in [0.25, 0.3) is 34.0 Å². The first kappa shape index (κ1) is 31.7. The zero-order valence-electron chi connectivity index (χ0n) is 22.7. The molecule has 0 radical (unpaired) electrons. The van der Waals surface area contributed by atoms with Crippen LogP contribution >= 0.6 is 11.6 Å². The van der Waals surface area contributed by atoms with Gasteiger partial charge in [0.1, 0.15) is 22.2 Å². The van der Waals surface area contributed by atoms with Gasteiger partial charge in [-0.1, -0.05) is 23.7 Å². The van der Waals surface area contributed by atoms with Crippen molar-refractivity contribution in [3.63, 3.8) is 0 Å². The van der Waals surface area contributed by atoms with Crippen LogP contribution in [0, 0.1) is 5.82 Å². The number of ether oxygens (including phenoxy) is 1. The van der Waals surface area contributed by atoms with E-state index in [-0.39, 0.29) is 57.6 Å². The zero-order valence-corrected chi connectivity index (χ0v) is 24.2. The highest BCUT2D eigenvalue weighted by Crippen LogP contribution is 2.39. The van der Waals surface area contributed by atoms with Crippen molar-refractivity contribution in [1.82, 2.24) is 30.0 Å². The highest BCUT2D eigenvalue weighted by molar-refractivity contribution is 7.89. The van der Waals surface area contributed by atoms with Gasteiger partial charge in [-0.3, -0.25) is 0 Å². The van der Waals surface area contributed by atoms with Crippen LogP contribution in [-0.4, -0.2) is 61.2 Å². The Hall–Kier alpha value is -4.28. The van der Waals surface area contributed by atoms with Gasteiger partial charge in [0, 0.05) is 29.9 Å². The van der Waals surface area contributed by atoms with Crippen molar-refractivity contribution in [2.45, 2.75) is 24.0 Å². The number of aromatic nitrogens is 4. The second-order valence-corrected chi connectivity index (χ2v) is 11.3. The van der Waals surface area contributed by atoms with Crippen LogP contribution in [0.4, 0.5) is 28.3 Å². The van der Waals surface area contributed by atoms with E-state index in [0.29, 0.717) is 0 Å². The summed E-state index contributed by atoms with van der Waals surface area (Å²) in [6, 6.07) is 6.97. The summed E-state index contributed by atoms with van der Waals surface area (Å²) in [5, 5.41) is 5.18. The summed E-state index contributed by atoms with van der Waals surface area (Å²) in [7, 11) is -1.84. The Kier molecular flexibility index (Phi) is 9.22. The molecule has 0 bridgehead atoms. The van der Waals surface area contributed by atoms with Gasteiger partial charge in [-0.2, -0.15) is 13.2 Å². The molecule has 0 saturated carbocycles. The summed E-state index contributed by atoms with van der Waals surface area (Å²) in [6.07, 6.45) is -3.79. The number of nitrogens with one attached hydrogen (secondary N) is 4. The lowest BCUT2D eigenvalue weighted by molar-refractivity contribution is -0.137. The first-order valence-corrected chi connectivity index (χ1v) is 14.2. The van der Waals surface area contributed by atoms with Crippen molar-refractivity contribution in [3.8, 4) is 34.0 Å². The van der Waals surface area contributed by atoms with E-state index in [1.807, 2.05) is 0 Å². The van der Waals surface area contributed by atoms with Gasteiger partial charge in [0.05, 0.1) is 29.1 Å². The molecule has 0 aliphatic heterocycles. The minimum Gasteiger partial charge on any atom is -0.453 e. The molecule has 228 valence electrons. The fraction of sp³-hybridized carbons (Fsp3) is 0.231. The topological polar surface area (TPSA) is 151 Å². The smallest absolute Gasteiger partial charge is 0.416 e. The molecule has 4 aromatic rings. The highest BCUT2D eigenvalue weighted by Gasteiger charge is 2.30. The van der Waals surface area contributed by atoms with Crippen LogP contribution in [0.3, 0.4) is 0 Å². The molecule has 0 unspecified atom stereocenters. The minimum absolute atomic E-state index is 0.0303. The number of methoxy groups -OCH3 is 1. The van der Waals surface area contributed by atoms with E-state index in [0.717, 1.165) is 31.3 Å². The number of H-pyrrole nitrogens is 1. The van der Waals surface area contributed by atoms with E-state index in [1.165, 1.54) is 31.5 Å². The summed E-state index contributed by atoms with van der Waals surface area (Å²) >= 11 is 6.48. The second-order valence-electron chi connectivity index (χ2n) is 9.04. The number of alkyl halides is 3. The molecule has 1 atom stereocenters. The first-order valence-electron chi connectivity index (χ1n) is 12.4. The van der Waals surface area contributed by atoms with Crippen molar-refractivity contribution in [3.05, 3.63) is 65.1 Å². The second kappa shape index (κ2) is 12.5. The zero-order chi connectivity index (χ0) is 31.5. The van der Waals surface area contributed by atoms with Crippen molar-refractivity contribution in [2.75, 3.05) is 26.0 Å². The number of amides is 1. The van der Waals surface area contributed by atoms with Gasteiger partial charge in [-0.15, -0.1) is 0 Å². The van der Waals surface area contributed by atoms with Crippen LogP contribution < -0.4 is 15.4 Å². The van der Waals surface area contributed by atoms with E-state index < -0.39 is 38.6 Å². The maximum atomic E-state index is 14.8. The number of imidazole rings is 1. The molecule has 2 aromatic carbocycles. The molecular weight excluding hydrogens is 618 g/mol. The molecule has 1 amide bonds. The van der Waals surface area contributed by atoms with E-state index in [4.69, 9.17) is 11.6 Å². The number of alkyl carbamates (subject to hydrolysis) is 1. The minimum atomic E-state index is -4.56. The number of aromatic amines is 1. The largest absolute Gasteiger partial charge is 0.453 e. The number of nitrogens with zero attached hydrogens (tertiary/aromatic N) is 3. The predicted octanol–water partition coefficient (Wildman–Crippen LogP) is 5.08. The lowest BCUT2D eigenvalue weighted by Gasteiger charge is -2.14. The maximum Gasteiger partial charge on any atom is 0.416 e. The standard InChI is InChI=1S/C26H24ClF4N7O4S/c1-13(35-25(39)42-3)12-34-24-33-9-8-18(36-24)22-21(17-10-16(28)11-19(20(17)27)43(40,41)32-2)37-23(38-22)14-4-6-15(7-5-14)26(29,30)31/h4-11,13,32H,12H2,1-3H3,(H,35,39)(H,37,38)(H,33,34,36)/t13-/m0/s1. The predicted molar refractivity (Wildman–Crippen MR) is 150 cm³/mol. The summed E-state index contributed by atoms with van der Waals surface area (Å²) in [5.41, 5.74) is -0.445. The average Bonchev–Trinajstić information content (AvgIpc) is 3.42. The molecule has 11 nitrogen and oxygen atoms in total. The maximum absolute atomic E-state index is 14.8. The summed E-state index contributed by atoms with van der Waals surface area (Å²) in [6.45, 7) is 1.91. The number of sulfonamides is 1. The molecule has 0 saturated heterocycles. The van der Waals surface area contributed by atoms with Gasteiger partial charge >= 0.3 is 12.3 Å². The highest BCUT2D eigenvalue weighted by atomic mass is 35.5. The molecule has 2 aromatic heterocycles. The van der Waals surface area contributed by atoms with Gasteiger partial charge in [-0.05, 0) is 44.3 Å². The number of halogens is 5. The number of carbonyl (C=O) groups excluding carboxylic acids is 1. The Labute approximate surface area is 248 Å². The Bertz CT molecular complexity index is 1750. The van der Waals surface area contributed by atoms with Crippen molar-refractivity contribution < 1.29 is 35.5 Å². The van der Waals surface area contributed by atoms with Gasteiger partial charge in [0.2, 0.25) is 16.0 Å². The molecule has 4 N–H and O–H groups in total. The molecule has 2 heterocycles. The van der Waals surface area contributed by atoms with E-state index in [1.54, 1.807) is 6.92 Å². The molecule has 0 aliphatic rings. The Morgan fingerprint density at radius 1 is 1.14 bits per heavy atom. The van der Waals surface area contributed by atoms with E-state index in [2.05, 4.69) is 40.0 Å². The van der Waals surface area contributed by atoms with Crippen LogP contribution in [0.5, 0.6) is 0 Å². The number of benzene rings is 2. The van der Waals surface area contributed by atoms with Crippen LogP contribution in [0.2, 0.25) is 5.02 Å². The normalized spacial score (nSPS) is 12.6.